The number of carbonyl (C=O) groups excluding carboxylic acids is 2. The minimum atomic E-state index is -0.273. The number of anilines is 1. The smallest absolute Gasteiger partial charge is 0.264 e. The third-order valence-corrected chi connectivity index (χ3v) is 4.93. The summed E-state index contributed by atoms with van der Waals surface area (Å²) in [4.78, 5) is 27.8. The normalized spacial score (nSPS) is 10.7. The number of hydrogen-bond donors (Lipinski definition) is 1. The highest BCUT2D eigenvalue weighted by atomic mass is 32.1. The highest BCUT2D eigenvalue weighted by molar-refractivity contribution is 7.22. The van der Waals surface area contributed by atoms with Crippen molar-refractivity contribution >= 4 is 38.4 Å². The Balaban J connectivity index is 1.64. The van der Waals surface area contributed by atoms with Gasteiger partial charge in [0, 0.05) is 5.56 Å². The van der Waals surface area contributed by atoms with Crippen molar-refractivity contribution in [3.05, 3.63) is 53.1 Å². The molecule has 1 N–H and O–H groups in total. The van der Waals surface area contributed by atoms with E-state index in [-0.39, 0.29) is 18.3 Å². The van der Waals surface area contributed by atoms with Crippen LogP contribution >= 0.6 is 11.3 Å². The first-order valence-corrected chi connectivity index (χ1v) is 8.66. The third kappa shape index (κ3) is 3.85. The predicted molar refractivity (Wildman–Crippen MR) is 99.7 cm³/mol. The zero-order valence-corrected chi connectivity index (χ0v) is 15.1. The highest BCUT2D eigenvalue weighted by Gasteiger charge is 2.11. The molecule has 3 rings (SSSR count). The zero-order valence-electron chi connectivity index (χ0n) is 14.3. The molecule has 3 aromatic rings. The van der Waals surface area contributed by atoms with Crippen molar-refractivity contribution < 1.29 is 14.3 Å². The molecule has 0 aliphatic rings. The van der Waals surface area contributed by atoms with Crippen LogP contribution in [0.25, 0.3) is 10.2 Å². The molecule has 1 amide bonds. The van der Waals surface area contributed by atoms with E-state index in [1.54, 1.807) is 24.3 Å². The number of thiazole rings is 1. The lowest BCUT2D eigenvalue weighted by Gasteiger charge is -2.06. The van der Waals surface area contributed by atoms with Crippen molar-refractivity contribution in [1.82, 2.24) is 4.98 Å². The molecule has 128 valence electrons. The fourth-order valence-corrected chi connectivity index (χ4v) is 3.43. The number of ether oxygens (including phenoxy) is 1. The Morgan fingerprint density at radius 2 is 1.76 bits per heavy atom. The highest BCUT2D eigenvalue weighted by Crippen LogP contribution is 2.30. The molecule has 0 bridgehead atoms. The summed E-state index contributed by atoms with van der Waals surface area (Å²) in [5.41, 5.74) is 3.75. The molecule has 0 unspecified atom stereocenters. The van der Waals surface area contributed by atoms with Crippen molar-refractivity contribution in [3.63, 3.8) is 0 Å². The number of nitrogens with one attached hydrogen (secondary N) is 1. The summed E-state index contributed by atoms with van der Waals surface area (Å²) in [6, 6.07) is 10.8. The number of rotatable bonds is 5. The summed E-state index contributed by atoms with van der Waals surface area (Å²) >= 11 is 1.46. The monoisotopic (exact) mass is 354 g/mol. The molecule has 0 aliphatic heterocycles. The number of ketones is 1. The second-order valence-electron chi connectivity index (χ2n) is 5.81. The molecule has 0 aliphatic carbocycles. The molecule has 2 aromatic carbocycles. The average molecular weight is 354 g/mol. The van der Waals surface area contributed by atoms with Crippen LogP contribution in [0.15, 0.2) is 36.4 Å². The van der Waals surface area contributed by atoms with E-state index in [4.69, 9.17) is 4.74 Å². The van der Waals surface area contributed by atoms with Gasteiger partial charge < -0.3 is 4.74 Å². The molecule has 1 aromatic heterocycles. The van der Waals surface area contributed by atoms with E-state index in [9.17, 15) is 9.59 Å². The van der Waals surface area contributed by atoms with E-state index in [1.165, 1.54) is 18.3 Å². The van der Waals surface area contributed by atoms with Gasteiger partial charge in [0.25, 0.3) is 5.91 Å². The van der Waals surface area contributed by atoms with E-state index in [0.29, 0.717) is 16.4 Å². The Morgan fingerprint density at radius 3 is 2.40 bits per heavy atom. The number of fused-ring (bicyclic) bond motifs is 1. The van der Waals surface area contributed by atoms with Crippen LogP contribution in [0.4, 0.5) is 5.13 Å². The van der Waals surface area contributed by atoms with E-state index >= 15 is 0 Å². The second kappa shape index (κ2) is 7.03. The number of nitrogens with zero attached hydrogens (tertiary/aromatic N) is 1. The molecule has 0 saturated heterocycles. The van der Waals surface area contributed by atoms with E-state index in [2.05, 4.69) is 16.4 Å². The lowest BCUT2D eigenvalue weighted by molar-refractivity contribution is -0.118. The van der Waals surface area contributed by atoms with Crippen molar-refractivity contribution in [2.75, 3.05) is 11.9 Å². The van der Waals surface area contributed by atoms with Gasteiger partial charge >= 0.3 is 0 Å². The Morgan fingerprint density at radius 1 is 1.08 bits per heavy atom. The lowest BCUT2D eigenvalue weighted by Crippen LogP contribution is -2.20. The van der Waals surface area contributed by atoms with Crippen LogP contribution in [0.5, 0.6) is 5.75 Å². The number of aryl methyl sites for hydroxylation is 2. The van der Waals surface area contributed by atoms with Crippen molar-refractivity contribution in [1.29, 1.82) is 0 Å². The van der Waals surface area contributed by atoms with Gasteiger partial charge in [0.15, 0.2) is 17.5 Å². The van der Waals surface area contributed by atoms with Gasteiger partial charge in [-0.3, -0.25) is 14.9 Å². The van der Waals surface area contributed by atoms with Crippen LogP contribution in [-0.2, 0) is 4.79 Å². The van der Waals surface area contributed by atoms with Crippen molar-refractivity contribution in [3.8, 4) is 5.75 Å². The summed E-state index contributed by atoms with van der Waals surface area (Å²) in [6.07, 6.45) is 0. The fraction of sp³-hybridized carbons (Fsp3) is 0.211. The largest absolute Gasteiger partial charge is 0.484 e. The summed E-state index contributed by atoms with van der Waals surface area (Å²) in [6.45, 7) is 5.42. The maximum absolute atomic E-state index is 12.1. The van der Waals surface area contributed by atoms with Gasteiger partial charge in [-0.2, -0.15) is 0 Å². The van der Waals surface area contributed by atoms with Gasteiger partial charge in [0.2, 0.25) is 0 Å². The first-order chi connectivity index (χ1) is 11.9. The Hall–Kier alpha value is -2.73. The van der Waals surface area contributed by atoms with Crippen molar-refractivity contribution in [2.45, 2.75) is 20.8 Å². The zero-order chi connectivity index (χ0) is 18.0. The number of aromatic nitrogens is 1. The molecule has 5 nitrogen and oxygen atoms in total. The molecule has 0 atom stereocenters. The van der Waals surface area contributed by atoms with Crippen LogP contribution in [0, 0.1) is 13.8 Å². The first-order valence-electron chi connectivity index (χ1n) is 7.84. The lowest BCUT2D eigenvalue weighted by atomic mass is 10.1. The van der Waals surface area contributed by atoms with E-state index in [1.807, 2.05) is 19.9 Å². The summed E-state index contributed by atoms with van der Waals surface area (Å²) in [5, 5.41) is 3.34. The molecule has 25 heavy (non-hydrogen) atoms. The van der Waals surface area contributed by atoms with Crippen LogP contribution in [0.3, 0.4) is 0 Å². The average Bonchev–Trinajstić information content (AvgIpc) is 3.02. The molecular formula is C19H18N2O3S. The maximum Gasteiger partial charge on any atom is 0.264 e. The summed E-state index contributed by atoms with van der Waals surface area (Å²) in [7, 11) is 0. The number of benzene rings is 2. The second-order valence-corrected chi connectivity index (χ2v) is 6.81. The minimum Gasteiger partial charge on any atom is -0.484 e. The van der Waals surface area contributed by atoms with Crippen LogP contribution in [-0.4, -0.2) is 23.3 Å². The van der Waals surface area contributed by atoms with E-state index < -0.39 is 0 Å². The molecule has 0 fully saturated rings. The van der Waals surface area contributed by atoms with Gasteiger partial charge in [0.1, 0.15) is 5.75 Å². The van der Waals surface area contributed by atoms with Crippen LogP contribution in [0.1, 0.15) is 28.4 Å². The van der Waals surface area contributed by atoms with Crippen molar-refractivity contribution in [2.24, 2.45) is 0 Å². The SMILES string of the molecule is CC(=O)c1ccc(OCC(=O)Nc2nc3c(C)ccc(C)c3s2)cc1. The van der Waals surface area contributed by atoms with Gasteiger partial charge in [-0.25, -0.2) is 4.98 Å². The number of carbonyl (C=O) groups is 2. The molecule has 0 spiro atoms. The molecule has 6 heteroatoms. The van der Waals surface area contributed by atoms with Gasteiger partial charge in [-0.15, -0.1) is 0 Å². The first kappa shape index (κ1) is 17.1. The minimum absolute atomic E-state index is 0.00860. The standard InChI is InChI=1S/C19H18N2O3S/c1-11-4-5-12(2)18-17(11)21-19(25-18)20-16(23)10-24-15-8-6-14(7-9-15)13(3)22/h4-9H,10H2,1-3H3,(H,20,21,23). The Kier molecular flexibility index (Phi) is 4.81. The summed E-state index contributed by atoms with van der Waals surface area (Å²) < 4.78 is 6.53. The topological polar surface area (TPSA) is 68.3 Å². The van der Waals surface area contributed by atoms with Crippen LogP contribution in [0.2, 0.25) is 0 Å². The van der Waals surface area contributed by atoms with Gasteiger partial charge in [0.05, 0.1) is 10.2 Å². The Labute approximate surface area is 149 Å². The summed E-state index contributed by atoms with van der Waals surface area (Å²) in [5.74, 6) is 0.256. The molecular weight excluding hydrogens is 336 g/mol. The van der Waals surface area contributed by atoms with E-state index in [0.717, 1.165) is 21.3 Å². The number of hydrogen-bond acceptors (Lipinski definition) is 5. The van der Waals surface area contributed by atoms with Gasteiger partial charge in [-0.1, -0.05) is 23.5 Å². The molecule has 1 heterocycles. The number of amides is 1. The maximum atomic E-state index is 12.1. The molecule has 0 saturated carbocycles. The number of Topliss-reactive ketones (excluding diaryl/α,β-unsaturated/α-hetero) is 1. The quantitative estimate of drug-likeness (QED) is 0.700. The molecule has 0 radical (unpaired) electrons. The predicted octanol–water partition coefficient (Wildman–Crippen LogP) is 4.13. The van der Waals surface area contributed by atoms with Gasteiger partial charge in [-0.05, 0) is 56.2 Å². The van der Waals surface area contributed by atoms with Crippen LogP contribution < -0.4 is 10.1 Å². The Bertz CT molecular complexity index is 906. The third-order valence-electron chi connectivity index (χ3n) is 3.82. The fourth-order valence-electron chi connectivity index (χ4n) is 2.40.